The summed E-state index contributed by atoms with van der Waals surface area (Å²) in [5.41, 5.74) is 1.80. The Morgan fingerprint density at radius 2 is 2.31 bits per heavy atom. The molecule has 2 rings (SSSR count). The summed E-state index contributed by atoms with van der Waals surface area (Å²) in [7, 11) is 0. The van der Waals surface area contributed by atoms with Crippen LogP contribution < -0.4 is 0 Å². The number of aromatic nitrogens is 2. The Kier molecular flexibility index (Phi) is 2.29. The molecule has 0 aromatic carbocycles. The topological polar surface area (TPSA) is 25.8 Å². The molecule has 0 atom stereocenters. The summed E-state index contributed by atoms with van der Waals surface area (Å²) in [4.78, 5) is 8.34. The number of hydrogen-bond acceptors (Lipinski definition) is 3. The van der Waals surface area contributed by atoms with Crippen LogP contribution in [0.2, 0.25) is 4.34 Å². The SMILES string of the molecule is Cc1nc(-c2cccnc2)c(Cl)s1. The third kappa shape index (κ3) is 1.71. The fourth-order valence-corrected chi connectivity index (χ4v) is 2.23. The van der Waals surface area contributed by atoms with Gasteiger partial charge in [-0.05, 0) is 19.1 Å². The maximum Gasteiger partial charge on any atom is 0.121 e. The fourth-order valence-electron chi connectivity index (χ4n) is 1.08. The van der Waals surface area contributed by atoms with Crippen LogP contribution in [0.15, 0.2) is 24.5 Å². The molecule has 0 aliphatic rings. The maximum atomic E-state index is 6.01. The molecule has 0 amide bonds. The Hall–Kier alpha value is -0.930. The zero-order valence-corrected chi connectivity index (χ0v) is 8.56. The Morgan fingerprint density at radius 1 is 1.46 bits per heavy atom. The number of halogens is 1. The highest BCUT2D eigenvalue weighted by molar-refractivity contribution is 7.16. The van der Waals surface area contributed by atoms with E-state index in [4.69, 9.17) is 11.6 Å². The third-order valence-corrected chi connectivity index (χ3v) is 2.80. The summed E-state index contributed by atoms with van der Waals surface area (Å²) < 4.78 is 0.727. The predicted molar refractivity (Wildman–Crippen MR) is 55.1 cm³/mol. The largest absolute Gasteiger partial charge is 0.264 e. The molecule has 2 heterocycles. The van der Waals surface area contributed by atoms with Gasteiger partial charge in [0.2, 0.25) is 0 Å². The molecule has 0 aliphatic heterocycles. The van der Waals surface area contributed by atoms with Gasteiger partial charge < -0.3 is 0 Å². The van der Waals surface area contributed by atoms with Crippen LogP contribution in [-0.4, -0.2) is 9.97 Å². The molecule has 0 radical (unpaired) electrons. The van der Waals surface area contributed by atoms with Gasteiger partial charge in [0.15, 0.2) is 0 Å². The van der Waals surface area contributed by atoms with E-state index in [2.05, 4.69) is 9.97 Å². The van der Waals surface area contributed by atoms with E-state index in [-0.39, 0.29) is 0 Å². The highest BCUT2D eigenvalue weighted by Gasteiger charge is 2.08. The average molecular weight is 211 g/mol. The lowest BCUT2D eigenvalue weighted by Crippen LogP contribution is -1.79. The summed E-state index contributed by atoms with van der Waals surface area (Å²) in [6, 6.07) is 3.83. The van der Waals surface area contributed by atoms with E-state index in [1.54, 1.807) is 12.4 Å². The zero-order valence-electron chi connectivity index (χ0n) is 6.99. The lowest BCUT2D eigenvalue weighted by molar-refractivity contribution is 1.27. The first-order valence-electron chi connectivity index (χ1n) is 3.80. The second-order valence-electron chi connectivity index (χ2n) is 2.60. The molecule has 4 heteroatoms. The number of hydrogen-bond donors (Lipinski definition) is 0. The van der Waals surface area contributed by atoms with Gasteiger partial charge in [-0.2, -0.15) is 0 Å². The maximum absolute atomic E-state index is 6.01. The monoisotopic (exact) mass is 210 g/mol. The second-order valence-corrected chi connectivity index (χ2v) is 4.40. The van der Waals surface area contributed by atoms with Crippen LogP contribution in [0.4, 0.5) is 0 Å². The van der Waals surface area contributed by atoms with Gasteiger partial charge in [-0.15, -0.1) is 11.3 Å². The van der Waals surface area contributed by atoms with Crippen molar-refractivity contribution in [1.29, 1.82) is 0 Å². The molecule has 2 aromatic rings. The van der Waals surface area contributed by atoms with Gasteiger partial charge in [-0.25, -0.2) is 4.98 Å². The minimum Gasteiger partial charge on any atom is -0.264 e. The first-order valence-corrected chi connectivity index (χ1v) is 5.00. The molecule has 0 fully saturated rings. The third-order valence-electron chi connectivity index (χ3n) is 1.63. The predicted octanol–water partition coefficient (Wildman–Crippen LogP) is 3.17. The van der Waals surface area contributed by atoms with Crippen LogP contribution in [0.1, 0.15) is 5.01 Å². The molecule has 66 valence electrons. The van der Waals surface area contributed by atoms with Gasteiger partial charge in [0.25, 0.3) is 0 Å². The molecule has 0 bridgehead atoms. The Morgan fingerprint density at radius 3 is 2.85 bits per heavy atom. The van der Waals surface area contributed by atoms with E-state index in [9.17, 15) is 0 Å². The quantitative estimate of drug-likeness (QED) is 0.723. The Balaban J connectivity index is 2.53. The molecular weight excluding hydrogens is 204 g/mol. The number of thiazole rings is 1. The number of rotatable bonds is 1. The smallest absolute Gasteiger partial charge is 0.121 e. The van der Waals surface area contributed by atoms with Crippen molar-refractivity contribution in [3.05, 3.63) is 33.9 Å². The normalized spacial score (nSPS) is 10.3. The number of aryl methyl sites for hydroxylation is 1. The van der Waals surface area contributed by atoms with Gasteiger partial charge in [0.1, 0.15) is 10.0 Å². The Bertz CT molecular complexity index is 411. The molecule has 0 spiro atoms. The van der Waals surface area contributed by atoms with E-state index < -0.39 is 0 Å². The minimum atomic E-state index is 0.727. The van der Waals surface area contributed by atoms with Crippen molar-refractivity contribution in [2.24, 2.45) is 0 Å². The average Bonchev–Trinajstić information content (AvgIpc) is 2.47. The van der Waals surface area contributed by atoms with Crippen molar-refractivity contribution in [2.75, 3.05) is 0 Å². The van der Waals surface area contributed by atoms with E-state index in [0.717, 1.165) is 20.6 Å². The van der Waals surface area contributed by atoms with Crippen LogP contribution in [-0.2, 0) is 0 Å². The molecule has 13 heavy (non-hydrogen) atoms. The van der Waals surface area contributed by atoms with Crippen molar-refractivity contribution in [2.45, 2.75) is 6.92 Å². The first-order chi connectivity index (χ1) is 6.27. The van der Waals surface area contributed by atoms with Crippen LogP contribution in [0, 0.1) is 6.92 Å². The zero-order chi connectivity index (χ0) is 9.26. The van der Waals surface area contributed by atoms with Crippen LogP contribution in [0.5, 0.6) is 0 Å². The van der Waals surface area contributed by atoms with Crippen molar-refractivity contribution in [1.82, 2.24) is 9.97 Å². The lowest BCUT2D eigenvalue weighted by Gasteiger charge is -1.94. The van der Waals surface area contributed by atoms with Crippen molar-refractivity contribution < 1.29 is 0 Å². The van der Waals surface area contributed by atoms with Gasteiger partial charge in [-0.1, -0.05) is 11.6 Å². The van der Waals surface area contributed by atoms with E-state index >= 15 is 0 Å². The highest BCUT2D eigenvalue weighted by Crippen LogP contribution is 2.31. The summed E-state index contributed by atoms with van der Waals surface area (Å²) in [5, 5.41) is 0.976. The van der Waals surface area contributed by atoms with Crippen molar-refractivity contribution in [3.63, 3.8) is 0 Å². The molecule has 0 N–H and O–H groups in total. The molecule has 0 saturated carbocycles. The number of pyridine rings is 1. The molecule has 2 nitrogen and oxygen atoms in total. The molecule has 0 unspecified atom stereocenters. The van der Waals surface area contributed by atoms with Crippen LogP contribution >= 0.6 is 22.9 Å². The van der Waals surface area contributed by atoms with Crippen molar-refractivity contribution in [3.8, 4) is 11.3 Å². The molecular formula is C9H7ClN2S. The summed E-state index contributed by atoms with van der Waals surface area (Å²) in [6.07, 6.45) is 3.50. The first kappa shape index (κ1) is 8.66. The van der Waals surface area contributed by atoms with Crippen molar-refractivity contribution >= 4 is 22.9 Å². The highest BCUT2D eigenvalue weighted by atomic mass is 35.5. The summed E-state index contributed by atoms with van der Waals surface area (Å²) >= 11 is 7.50. The number of nitrogens with zero attached hydrogens (tertiary/aromatic N) is 2. The van der Waals surface area contributed by atoms with Gasteiger partial charge in [0.05, 0.1) is 5.01 Å². The molecule has 0 aliphatic carbocycles. The van der Waals surface area contributed by atoms with E-state index in [1.165, 1.54) is 11.3 Å². The minimum absolute atomic E-state index is 0.727. The lowest BCUT2D eigenvalue weighted by atomic mass is 10.2. The van der Waals surface area contributed by atoms with E-state index in [0.29, 0.717) is 0 Å². The van der Waals surface area contributed by atoms with Crippen LogP contribution in [0.3, 0.4) is 0 Å². The fraction of sp³-hybridized carbons (Fsp3) is 0.111. The molecule has 2 aromatic heterocycles. The van der Waals surface area contributed by atoms with Crippen LogP contribution in [0.25, 0.3) is 11.3 Å². The Labute approximate surface area is 85.2 Å². The van der Waals surface area contributed by atoms with Gasteiger partial charge in [-0.3, -0.25) is 4.98 Å². The standard InChI is InChI=1S/C9H7ClN2S/c1-6-12-8(9(10)13-6)7-3-2-4-11-5-7/h2-5H,1H3. The summed E-state index contributed by atoms with van der Waals surface area (Å²) in [6.45, 7) is 1.94. The van der Waals surface area contributed by atoms with Gasteiger partial charge >= 0.3 is 0 Å². The van der Waals surface area contributed by atoms with E-state index in [1.807, 2.05) is 19.1 Å². The van der Waals surface area contributed by atoms with Gasteiger partial charge in [0, 0.05) is 18.0 Å². The second kappa shape index (κ2) is 3.44. The molecule has 0 saturated heterocycles. The summed E-state index contributed by atoms with van der Waals surface area (Å²) in [5.74, 6) is 0.